The molecule has 0 saturated carbocycles. The largest absolute Gasteiger partial charge is 0.322 e. The SMILES string of the molecule is N#Cc1c(Cc2cccs2)nc(SC/C(=N/N)NN)[nH]c1=O. The van der Waals surface area contributed by atoms with E-state index in [1.807, 2.05) is 23.6 Å². The minimum absolute atomic E-state index is 0.0300. The van der Waals surface area contributed by atoms with Gasteiger partial charge in [-0.1, -0.05) is 17.8 Å². The molecular formula is C12H13N7OS2. The summed E-state index contributed by atoms with van der Waals surface area (Å²) in [5.74, 6) is 11.1. The van der Waals surface area contributed by atoms with E-state index in [1.54, 1.807) is 11.3 Å². The van der Waals surface area contributed by atoms with Crippen molar-refractivity contribution in [2.24, 2.45) is 16.8 Å². The summed E-state index contributed by atoms with van der Waals surface area (Å²) in [5.41, 5.74) is 2.36. The molecule has 0 fully saturated rings. The summed E-state index contributed by atoms with van der Waals surface area (Å²) in [6.07, 6.45) is 0.436. The lowest BCUT2D eigenvalue weighted by atomic mass is 10.2. The van der Waals surface area contributed by atoms with E-state index in [9.17, 15) is 4.79 Å². The van der Waals surface area contributed by atoms with Crippen LogP contribution in [-0.4, -0.2) is 21.6 Å². The lowest BCUT2D eigenvalue weighted by molar-refractivity contribution is 0.875. The highest BCUT2D eigenvalue weighted by Crippen LogP contribution is 2.17. The average molecular weight is 335 g/mol. The third-order valence-corrected chi connectivity index (χ3v) is 4.44. The van der Waals surface area contributed by atoms with Gasteiger partial charge < -0.3 is 16.3 Å². The van der Waals surface area contributed by atoms with Gasteiger partial charge in [0.1, 0.15) is 17.5 Å². The molecule has 114 valence electrons. The van der Waals surface area contributed by atoms with Gasteiger partial charge in [0.15, 0.2) is 5.16 Å². The van der Waals surface area contributed by atoms with E-state index in [4.69, 9.17) is 16.9 Å². The number of hydrazine groups is 1. The van der Waals surface area contributed by atoms with E-state index in [1.165, 1.54) is 11.8 Å². The number of nitrogens with two attached hydrogens (primary N) is 2. The zero-order valence-electron chi connectivity index (χ0n) is 11.4. The smallest absolute Gasteiger partial charge is 0.269 e. The molecule has 10 heteroatoms. The Bertz CT molecular complexity index is 761. The van der Waals surface area contributed by atoms with Crippen LogP contribution in [0.25, 0.3) is 0 Å². The van der Waals surface area contributed by atoms with Gasteiger partial charge in [0, 0.05) is 11.3 Å². The summed E-state index contributed by atoms with van der Waals surface area (Å²) < 4.78 is 0. The summed E-state index contributed by atoms with van der Waals surface area (Å²) in [6, 6.07) is 5.74. The van der Waals surface area contributed by atoms with Crippen molar-refractivity contribution in [1.29, 1.82) is 5.26 Å². The minimum atomic E-state index is -0.460. The third kappa shape index (κ3) is 3.85. The number of amidine groups is 1. The van der Waals surface area contributed by atoms with Crippen molar-refractivity contribution >= 4 is 28.9 Å². The Morgan fingerprint density at radius 3 is 3.05 bits per heavy atom. The number of hydrogen-bond acceptors (Lipinski definition) is 8. The first kappa shape index (κ1) is 16.0. The number of hydrazone groups is 1. The predicted octanol–water partition coefficient (Wildman–Crippen LogP) is 0.121. The molecule has 2 rings (SSSR count). The van der Waals surface area contributed by atoms with Crippen LogP contribution in [0.1, 0.15) is 16.1 Å². The number of aromatic nitrogens is 2. The normalized spacial score (nSPS) is 11.2. The molecule has 0 aliphatic carbocycles. The minimum Gasteiger partial charge on any atom is -0.322 e. The summed E-state index contributed by atoms with van der Waals surface area (Å²) >= 11 is 2.76. The zero-order chi connectivity index (χ0) is 15.9. The van der Waals surface area contributed by atoms with Crippen LogP contribution in [-0.2, 0) is 6.42 Å². The van der Waals surface area contributed by atoms with Crippen LogP contribution in [0.3, 0.4) is 0 Å². The number of H-pyrrole nitrogens is 1. The molecule has 0 amide bonds. The highest BCUT2D eigenvalue weighted by molar-refractivity contribution is 7.99. The Morgan fingerprint density at radius 1 is 1.64 bits per heavy atom. The third-order valence-electron chi connectivity index (χ3n) is 2.67. The summed E-state index contributed by atoms with van der Waals surface area (Å²) in [4.78, 5) is 19.9. The molecule has 0 radical (unpaired) electrons. The molecular weight excluding hydrogens is 322 g/mol. The molecule has 0 atom stereocenters. The number of thioether (sulfide) groups is 1. The van der Waals surface area contributed by atoms with Crippen molar-refractivity contribution in [1.82, 2.24) is 15.4 Å². The maximum atomic E-state index is 12.0. The van der Waals surface area contributed by atoms with Gasteiger partial charge in [-0.2, -0.15) is 10.4 Å². The van der Waals surface area contributed by atoms with Crippen LogP contribution in [0.4, 0.5) is 0 Å². The maximum absolute atomic E-state index is 12.0. The van der Waals surface area contributed by atoms with Crippen molar-refractivity contribution in [2.75, 3.05) is 5.75 Å². The van der Waals surface area contributed by atoms with Crippen LogP contribution in [0, 0.1) is 11.3 Å². The number of thiophene rings is 1. The molecule has 0 unspecified atom stereocenters. The van der Waals surface area contributed by atoms with Crippen LogP contribution in [0.15, 0.2) is 32.6 Å². The number of nitriles is 1. The molecule has 0 bridgehead atoms. The van der Waals surface area contributed by atoms with Gasteiger partial charge in [-0.05, 0) is 11.4 Å². The zero-order valence-corrected chi connectivity index (χ0v) is 13.0. The van der Waals surface area contributed by atoms with E-state index in [-0.39, 0.29) is 5.56 Å². The number of nitrogens with zero attached hydrogens (tertiary/aromatic N) is 3. The van der Waals surface area contributed by atoms with E-state index in [2.05, 4.69) is 20.5 Å². The lowest BCUT2D eigenvalue weighted by Crippen LogP contribution is -2.33. The standard InChI is InChI=1S/C12H13N7OS2/c13-5-8-9(4-7-2-1-3-21-7)16-12(17-11(8)20)22-6-10(18-14)19-15/h1-3H,4,6,14-15H2,(H,18,19)(H,16,17,20). The second-order valence-electron chi connectivity index (χ2n) is 4.07. The van der Waals surface area contributed by atoms with Crippen LogP contribution in [0.5, 0.6) is 0 Å². The Kier molecular flexibility index (Phi) is 5.54. The molecule has 2 aromatic rings. The van der Waals surface area contributed by atoms with E-state index >= 15 is 0 Å². The first-order chi connectivity index (χ1) is 10.7. The lowest BCUT2D eigenvalue weighted by Gasteiger charge is -2.06. The quantitative estimate of drug-likeness (QED) is 0.152. The fourth-order valence-electron chi connectivity index (χ4n) is 1.64. The first-order valence-corrected chi connectivity index (χ1v) is 7.96. The molecule has 8 nitrogen and oxygen atoms in total. The first-order valence-electron chi connectivity index (χ1n) is 6.09. The molecule has 0 saturated heterocycles. The van der Waals surface area contributed by atoms with Crippen LogP contribution in [0.2, 0.25) is 0 Å². The molecule has 2 aromatic heterocycles. The van der Waals surface area contributed by atoms with Crippen molar-refractivity contribution in [3.8, 4) is 6.07 Å². The molecule has 0 aliphatic heterocycles. The van der Waals surface area contributed by atoms with Gasteiger partial charge >= 0.3 is 0 Å². The number of aromatic amines is 1. The summed E-state index contributed by atoms with van der Waals surface area (Å²) in [6.45, 7) is 0. The molecule has 2 heterocycles. The number of nitrogens with one attached hydrogen (secondary N) is 2. The van der Waals surface area contributed by atoms with Crippen molar-refractivity contribution < 1.29 is 0 Å². The predicted molar refractivity (Wildman–Crippen MR) is 86.4 cm³/mol. The summed E-state index contributed by atoms with van der Waals surface area (Å²) in [5, 5.41) is 14.9. The topological polar surface area (TPSA) is 146 Å². The van der Waals surface area contributed by atoms with Crippen molar-refractivity contribution in [3.63, 3.8) is 0 Å². The van der Waals surface area contributed by atoms with Crippen LogP contribution < -0.4 is 22.7 Å². The van der Waals surface area contributed by atoms with E-state index < -0.39 is 5.56 Å². The molecule has 6 N–H and O–H groups in total. The van der Waals surface area contributed by atoms with Gasteiger partial charge in [0.25, 0.3) is 5.56 Å². The van der Waals surface area contributed by atoms with Gasteiger partial charge in [0.2, 0.25) is 0 Å². The van der Waals surface area contributed by atoms with Gasteiger partial charge in [-0.25, -0.2) is 10.8 Å². The Labute approximate surface area is 134 Å². The summed E-state index contributed by atoms with van der Waals surface area (Å²) in [7, 11) is 0. The van der Waals surface area contributed by atoms with E-state index in [0.717, 1.165) is 4.88 Å². The number of hydrogen-bond donors (Lipinski definition) is 4. The Morgan fingerprint density at radius 2 is 2.45 bits per heavy atom. The fourth-order valence-corrected chi connectivity index (χ4v) is 3.12. The molecule has 0 aromatic carbocycles. The van der Waals surface area contributed by atoms with Crippen LogP contribution >= 0.6 is 23.1 Å². The number of rotatable bonds is 5. The maximum Gasteiger partial charge on any atom is 0.269 e. The Hall–Kier alpha value is -2.35. The monoisotopic (exact) mass is 335 g/mol. The average Bonchev–Trinajstić information content (AvgIpc) is 3.01. The molecule has 22 heavy (non-hydrogen) atoms. The Balaban J connectivity index is 2.28. The second-order valence-corrected chi connectivity index (χ2v) is 6.07. The highest BCUT2D eigenvalue weighted by Gasteiger charge is 2.13. The second kappa shape index (κ2) is 7.60. The van der Waals surface area contributed by atoms with Gasteiger partial charge in [-0.15, -0.1) is 11.3 Å². The fraction of sp³-hybridized carbons (Fsp3) is 0.167. The van der Waals surface area contributed by atoms with Gasteiger partial charge in [0.05, 0.1) is 11.4 Å². The van der Waals surface area contributed by atoms with Crippen molar-refractivity contribution in [3.05, 3.63) is 44.0 Å². The van der Waals surface area contributed by atoms with Crippen molar-refractivity contribution in [2.45, 2.75) is 11.6 Å². The molecule has 0 aliphatic rings. The highest BCUT2D eigenvalue weighted by atomic mass is 32.2. The van der Waals surface area contributed by atoms with Gasteiger partial charge in [-0.3, -0.25) is 4.79 Å². The molecule has 0 spiro atoms. The van der Waals surface area contributed by atoms with E-state index in [0.29, 0.717) is 28.9 Å².